The first-order valence-corrected chi connectivity index (χ1v) is 7.76. The molecule has 0 N–H and O–H groups in total. The van der Waals surface area contributed by atoms with Crippen molar-refractivity contribution in [3.63, 3.8) is 0 Å². The Hall–Kier alpha value is -3.28. The molecular formula is C20H17FO5. The number of rotatable bonds is 6. The van der Waals surface area contributed by atoms with Crippen LogP contribution in [-0.2, 0) is 0 Å². The van der Waals surface area contributed by atoms with Gasteiger partial charge in [-0.2, -0.15) is 0 Å². The summed E-state index contributed by atoms with van der Waals surface area (Å²) in [6.45, 7) is 0. The van der Waals surface area contributed by atoms with Gasteiger partial charge in [-0.15, -0.1) is 0 Å². The zero-order chi connectivity index (χ0) is 18.7. The molecule has 0 aliphatic carbocycles. The summed E-state index contributed by atoms with van der Waals surface area (Å²) in [5.74, 6) is 0.882. The number of halogens is 1. The van der Waals surface area contributed by atoms with E-state index in [2.05, 4.69) is 0 Å². The maximum absolute atomic E-state index is 14.7. The summed E-state index contributed by atoms with van der Waals surface area (Å²) >= 11 is 0. The quantitative estimate of drug-likeness (QED) is 0.605. The minimum absolute atomic E-state index is 0.193. The largest absolute Gasteiger partial charge is 0.493 e. The van der Waals surface area contributed by atoms with Gasteiger partial charge < -0.3 is 18.6 Å². The van der Waals surface area contributed by atoms with Crippen molar-refractivity contribution in [1.82, 2.24) is 0 Å². The molecule has 0 spiro atoms. The molecule has 5 nitrogen and oxygen atoms in total. The lowest BCUT2D eigenvalue weighted by molar-refractivity contribution is 0.112. The van der Waals surface area contributed by atoms with Gasteiger partial charge in [-0.05, 0) is 36.4 Å². The summed E-state index contributed by atoms with van der Waals surface area (Å²) in [7, 11) is 4.31. The molecule has 0 amide bonds. The maximum atomic E-state index is 14.7. The SMILES string of the molecule is COc1cc(C=O)c(-c2cc(-c3ccco3)ccc2F)c(OC)c1OC. The Morgan fingerprint density at radius 1 is 1.00 bits per heavy atom. The van der Waals surface area contributed by atoms with Gasteiger partial charge in [-0.3, -0.25) is 4.79 Å². The van der Waals surface area contributed by atoms with Gasteiger partial charge in [0.05, 0.1) is 27.6 Å². The van der Waals surface area contributed by atoms with E-state index in [0.717, 1.165) is 0 Å². The van der Waals surface area contributed by atoms with Crippen LogP contribution in [0.1, 0.15) is 10.4 Å². The fourth-order valence-electron chi connectivity index (χ4n) is 2.86. The monoisotopic (exact) mass is 356 g/mol. The molecule has 0 radical (unpaired) electrons. The van der Waals surface area contributed by atoms with Crippen LogP contribution in [0.15, 0.2) is 47.1 Å². The molecule has 0 aliphatic rings. The van der Waals surface area contributed by atoms with E-state index < -0.39 is 5.82 Å². The van der Waals surface area contributed by atoms with Crippen molar-refractivity contribution in [2.45, 2.75) is 0 Å². The van der Waals surface area contributed by atoms with Crippen molar-refractivity contribution in [3.8, 4) is 39.7 Å². The normalized spacial score (nSPS) is 10.5. The van der Waals surface area contributed by atoms with E-state index in [-0.39, 0.29) is 28.2 Å². The summed E-state index contributed by atoms with van der Waals surface area (Å²) in [4.78, 5) is 11.7. The smallest absolute Gasteiger partial charge is 0.203 e. The van der Waals surface area contributed by atoms with Crippen LogP contribution in [0.3, 0.4) is 0 Å². The van der Waals surface area contributed by atoms with Gasteiger partial charge in [0.1, 0.15) is 11.6 Å². The van der Waals surface area contributed by atoms with Crippen molar-refractivity contribution < 1.29 is 27.8 Å². The van der Waals surface area contributed by atoms with Gasteiger partial charge in [0.2, 0.25) is 5.75 Å². The number of aldehydes is 1. The second kappa shape index (κ2) is 7.31. The molecule has 1 heterocycles. The summed E-state index contributed by atoms with van der Waals surface area (Å²) in [5.41, 5.74) is 1.36. The van der Waals surface area contributed by atoms with E-state index in [1.165, 1.54) is 39.7 Å². The second-order valence-electron chi connectivity index (χ2n) is 5.40. The highest BCUT2D eigenvalue weighted by atomic mass is 19.1. The molecule has 134 valence electrons. The summed E-state index contributed by atoms with van der Waals surface area (Å²) < 4.78 is 36.1. The van der Waals surface area contributed by atoms with Crippen LogP contribution < -0.4 is 14.2 Å². The lowest BCUT2D eigenvalue weighted by Gasteiger charge is -2.18. The number of methoxy groups -OCH3 is 3. The van der Waals surface area contributed by atoms with Crippen LogP contribution in [0.2, 0.25) is 0 Å². The number of ether oxygens (including phenoxy) is 3. The fourth-order valence-corrected chi connectivity index (χ4v) is 2.86. The lowest BCUT2D eigenvalue weighted by Crippen LogP contribution is -2.01. The fraction of sp³-hybridized carbons (Fsp3) is 0.150. The molecule has 6 heteroatoms. The van der Waals surface area contributed by atoms with Gasteiger partial charge in [-0.25, -0.2) is 4.39 Å². The van der Waals surface area contributed by atoms with Crippen molar-refractivity contribution in [1.29, 1.82) is 0 Å². The number of hydrogen-bond donors (Lipinski definition) is 0. The molecular weight excluding hydrogens is 339 g/mol. The zero-order valence-electron chi connectivity index (χ0n) is 14.5. The molecule has 0 aliphatic heterocycles. The molecule has 0 atom stereocenters. The number of furan rings is 1. The highest BCUT2D eigenvalue weighted by molar-refractivity contribution is 5.94. The van der Waals surface area contributed by atoms with E-state index >= 15 is 0 Å². The zero-order valence-corrected chi connectivity index (χ0v) is 14.5. The Morgan fingerprint density at radius 2 is 1.77 bits per heavy atom. The molecule has 2 aromatic carbocycles. The van der Waals surface area contributed by atoms with Gasteiger partial charge in [0, 0.05) is 22.3 Å². The van der Waals surface area contributed by atoms with Crippen LogP contribution in [0, 0.1) is 5.82 Å². The van der Waals surface area contributed by atoms with E-state index in [1.807, 2.05) is 0 Å². The molecule has 0 fully saturated rings. The predicted molar refractivity (Wildman–Crippen MR) is 94.6 cm³/mol. The molecule has 3 aromatic rings. The van der Waals surface area contributed by atoms with Gasteiger partial charge in [0.25, 0.3) is 0 Å². The van der Waals surface area contributed by atoms with Gasteiger partial charge in [-0.1, -0.05) is 0 Å². The highest BCUT2D eigenvalue weighted by Gasteiger charge is 2.24. The minimum Gasteiger partial charge on any atom is -0.493 e. The van der Waals surface area contributed by atoms with E-state index in [1.54, 1.807) is 24.3 Å². The van der Waals surface area contributed by atoms with Gasteiger partial charge in [0.15, 0.2) is 17.8 Å². The third-order valence-corrected chi connectivity index (χ3v) is 4.03. The number of benzene rings is 2. The standard InChI is InChI=1S/C20H17FO5/c1-23-17-10-13(11-22)18(20(25-3)19(17)24-2)14-9-12(6-7-15(14)21)16-5-4-8-26-16/h4-11H,1-3H3. The van der Waals surface area contributed by atoms with Crippen molar-refractivity contribution in [3.05, 3.63) is 54.0 Å². The van der Waals surface area contributed by atoms with E-state index in [0.29, 0.717) is 23.4 Å². The Bertz CT molecular complexity index is 932. The summed E-state index contributed by atoms with van der Waals surface area (Å²) in [5, 5.41) is 0. The number of carbonyl (C=O) groups is 1. The predicted octanol–water partition coefficient (Wildman–Crippen LogP) is 4.59. The summed E-state index contributed by atoms with van der Waals surface area (Å²) in [6.07, 6.45) is 2.16. The maximum Gasteiger partial charge on any atom is 0.203 e. The Kier molecular flexibility index (Phi) is 4.93. The topological polar surface area (TPSA) is 57.9 Å². The Morgan fingerprint density at radius 3 is 2.35 bits per heavy atom. The van der Waals surface area contributed by atoms with Crippen molar-refractivity contribution >= 4 is 6.29 Å². The van der Waals surface area contributed by atoms with Crippen molar-refractivity contribution in [2.75, 3.05) is 21.3 Å². The summed E-state index contributed by atoms with van der Waals surface area (Å²) in [6, 6.07) is 9.52. The molecule has 26 heavy (non-hydrogen) atoms. The van der Waals surface area contributed by atoms with Crippen LogP contribution in [0.4, 0.5) is 4.39 Å². The van der Waals surface area contributed by atoms with Crippen LogP contribution >= 0.6 is 0 Å². The Balaban J connectivity index is 2.32. The third-order valence-electron chi connectivity index (χ3n) is 4.03. The van der Waals surface area contributed by atoms with Crippen LogP contribution in [0.5, 0.6) is 17.2 Å². The average Bonchev–Trinajstić information content (AvgIpc) is 3.21. The Labute approximate surface area is 149 Å². The minimum atomic E-state index is -0.506. The van der Waals surface area contributed by atoms with Crippen LogP contribution in [0.25, 0.3) is 22.5 Å². The molecule has 0 saturated carbocycles. The molecule has 0 bridgehead atoms. The highest BCUT2D eigenvalue weighted by Crippen LogP contribution is 2.47. The lowest BCUT2D eigenvalue weighted by atomic mass is 9.95. The number of hydrogen-bond acceptors (Lipinski definition) is 5. The van der Waals surface area contributed by atoms with Crippen LogP contribution in [-0.4, -0.2) is 27.6 Å². The molecule has 0 unspecified atom stereocenters. The van der Waals surface area contributed by atoms with Crippen molar-refractivity contribution in [2.24, 2.45) is 0 Å². The van der Waals surface area contributed by atoms with Gasteiger partial charge >= 0.3 is 0 Å². The second-order valence-corrected chi connectivity index (χ2v) is 5.40. The average molecular weight is 356 g/mol. The first-order chi connectivity index (χ1) is 12.6. The molecule has 0 saturated heterocycles. The van der Waals surface area contributed by atoms with E-state index in [9.17, 15) is 9.18 Å². The number of carbonyl (C=O) groups excluding carboxylic acids is 1. The molecule has 1 aromatic heterocycles. The third kappa shape index (κ3) is 2.90. The first kappa shape index (κ1) is 17.5. The first-order valence-electron chi connectivity index (χ1n) is 7.76. The van der Waals surface area contributed by atoms with E-state index in [4.69, 9.17) is 18.6 Å². The molecule has 3 rings (SSSR count).